The summed E-state index contributed by atoms with van der Waals surface area (Å²) in [5.41, 5.74) is 2.82. The quantitative estimate of drug-likeness (QED) is 0.571. The van der Waals surface area contributed by atoms with Gasteiger partial charge in [0.15, 0.2) is 17.6 Å². The summed E-state index contributed by atoms with van der Waals surface area (Å²) in [4.78, 5) is 11.1. The Morgan fingerprint density at radius 2 is 1.84 bits per heavy atom. The van der Waals surface area contributed by atoms with Crippen LogP contribution in [0.3, 0.4) is 0 Å². The molecule has 3 aromatic carbocycles. The van der Waals surface area contributed by atoms with Gasteiger partial charge in [-0.3, -0.25) is 4.79 Å². The Kier molecular flexibility index (Phi) is 4.94. The van der Waals surface area contributed by atoms with Crippen LogP contribution in [0.1, 0.15) is 29.6 Å². The second-order valence-corrected chi connectivity index (χ2v) is 8.02. The molecule has 5 nitrogen and oxygen atoms in total. The van der Waals surface area contributed by atoms with E-state index in [0.717, 1.165) is 11.1 Å². The molecule has 2 heterocycles. The van der Waals surface area contributed by atoms with Crippen molar-refractivity contribution in [3.05, 3.63) is 76.6 Å². The Bertz CT molecular complexity index is 1180. The first-order valence-corrected chi connectivity index (χ1v) is 10.2. The van der Waals surface area contributed by atoms with Gasteiger partial charge in [0.2, 0.25) is 0 Å². The number of rotatable bonds is 4. The van der Waals surface area contributed by atoms with Gasteiger partial charge in [-0.15, -0.1) is 0 Å². The third kappa shape index (κ3) is 3.79. The average molecular weight is 441 g/mol. The van der Waals surface area contributed by atoms with Crippen LogP contribution >= 0.6 is 11.6 Å². The van der Waals surface area contributed by atoms with E-state index in [-0.39, 0.29) is 18.9 Å². The summed E-state index contributed by atoms with van der Waals surface area (Å²) in [7, 11) is 0. The fraction of sp³-hybridized carbons (Fsp3) is 0.208. The molecule has 5 rings (SSSR count). The van der Waals surface area contributed by atoms with E-state index < -0.39 is 17.9 Å². The lowest BCUT2D eigenvalue weighted by molar-refractivity contribution is -0.137. The molecule has 31 heavy (non-hydrogen) atoms. The molecule has 0 saturated carbocycles. The molecule has 1 unspecified atom stereocenters. The first kappa shape index (κ1) is 19.7. The van der Waals surface area contributed by atoms with Crippen molar-refractivity contribution in [1.82, 2.24) is 0 Å². The van der Waals surface area contributed by atoms with Crippen LogP contribution in [0.4, 0.5) is 4.39 Å². The minimum atomic E-state index is -0.878. The van der Waals surface area contributed by atoms with Gasteiger partial charge in [-0.25, -0.2) is 4.39 Å². The molecule has 0 amide bonds. The second kappa shape index (κ2) is 7.78. The fourth-order valence-electron chi connectivity index (χ4n) is 4.03. The number of aliphatic carboxylic acids is 1. The van der Waals surface area contributed by atoms with Crippen LogP contribution in [0.25, 0.3) is 11.1 Å². The van der Waals surface area contributed by atoms with Gasteiger partial charge in [-0.05, 0) is 41.5 Å². The summed E-state index contributed by atoms with van der Waals surface area (Å²) >= 11 is 6.28. The van der Waals surface area contributed by atoms with Gasteiger partial charge < -0.3 is 19.3 Å². The molecule has 1 N–H and O–H groups in total. The molecule has 0 aromatic heterocycles. The van der Waals surface area contributed by atoms with Crippen molar-refractivity contribution >= 4 is 17.6 Å². The van der Waals surface area contributed by atoms with Crippen LogP contribution in [0, 0.1) is 5.82 Å². The third-order valence-electron chi connectivity index (χ3n) is 5.51. The van der Waals surface area contributed by atoms with Crippen LogP contribution in [0.5, 0.6) is 17.2 Å². The number of halogens is 2. The van der Waals surface area contributed by atoms with E-state index in [1.807, 2.05) is 24.3 Å². The molecule has 0 spiro atoms. The highest BCUT2D eigenvalue weighted by Gasteiger charge is 2.31. The molecule has 2 atom stereocenters. The van der Waals surface area contributed by atoms with Crippen molar-refractivity contribution in [2.45, 2.75) is 18.4 Å². The maximum atomic E-state index is 14.4. The smallest absolute Gasteiger partial charge is 0.304 e. The zero-order valence-electron chi connectivity index (χ0n) is 16.3. The Balaban J connectivity index is 1.44. The SMILES string of the molecule is O=C(O)C[C@@H]1COc2cc3c(cc21)OCC(c1cc(F)cc(-c2ccccc2Cl)c1)O3. The maximum Gasteiger partial charge on any atom is 0.304 e. The van der Waals surface area contributed by atoms with Crippen LogP contribution < -0.4 is 14.2 Å². The molecular weight excluding hydrogens is 423 g/mol. The lowest BCUT2D eigenvalue weighted by atomic mass is 9.97. The second-order valence-electron chi connectivity index (χ2n) is 7.61. The largest absolute Gasteiger partial charge is 0.492 e. The number of carbonyl (C=O) groups is 1. The Labute approximate surface area is 182 Å². The fourth-order valence-corrected chi connectivity index (χ4v) is 4.28. The van der Waals surface area contributed by atoms with Crippen molar-refractivity contribution in [1.29, 1.82) is 0 Å². The van der Waals surface area contributed by atoms with E-state index in [1.54, 1.807) is 18.2 Å². The maximum absolute atomic E-state index is 14.4. The minimum Gasteiger partial charge on any atom is -0.492 e. The normalized spacial score (nSPS) is 18.9. The Morgan fingerprint density at radius 3 is 2.65 bits per heavy atom. The van der Waals surface area contributed by atoms with E-state index in [2.05, 4.69) is 0 Å². The Morgan fingerprint density at radius 1 is 1.03 bits per heavy atom. The first-order chi connectivity index (χ1) is 15.0. The summed E-state index contributed by atoms with van der Waals surface area (Å²) < 4.78 is 32.1. The van der Waals surface area contributed by atoms with Crippen LogP contribution in [0.15, 0.2) is 54.6 Å². The number of carboxylic acid groups (broad SMARTS) is 1. The highest BCUT2D eigenvalue weighted by Crippen LogP contribution is 2.46. The van der Waals surface area contributed by atoms with Crippen molar-refractivity contribution in [2.75, 3.05) is 13.2 Å². The van der Waals surface area contributed by atoms with Gasteiger partial charge in [-0.1, -0.05) is 29.8 Å². The first-order valence-electron chi connectivity index (χ1n) is 9.85. The summed E-state index contributed by atoms with van der Waals surface area (Å²) in [6.07, 6.45) is -0.526. The Hall–Kier alpha value is -3.25. The summed E-state index contributed by atoms with van der Waals surface area (Å²) in [6.45, 7) is 0.501. The minimum absolute atomic E-state index is 0.0105. The highest BCUT2D eigenvalue weighted by molar-refractivity contribution is 6.33. The molecular formula is C24H18ClFO5. The molecule has 158 valence electrons. The lowest BCUT2D eigenvalue weighted by Crippen LogP contribution is -2.22. The van der Waals surface area contributed by atoms with Crippen LogP contribution in [-0.4, -0.2) is 24.3 Å². The van der Waals surface area contributed by atoms with Crippen LogP contribution in [0.2, 0.25) is 5.02 Å². The highest BCUT2D eigenvalue weighted by atomic mass is 35.5. The van der Waals surface area contributed by atoms with Gasteiger partial charge in [0.1, 0.15) is 18.2 Å². The van der Waals surface area contributed by atoms with Gasteiger partial charge in [-0.2, -0.15) is 0 Å². The zero-order valence-corrected chi connectivity index (χ0v) is 17.1. The number of ether oxygens (including phenoxy) is 3. The van der Waals surface area contributed by atoms with Crippen molar-refractivity contribution in [3.63, 3.8) is 0 Å². The van der Waals surface area contributed by atoms with Gasteiger partial charge in [0.25, 0.3) is 0 Å². The molecule has 2 aliphatic rings. The third-order valence-corrected chi connectivity index (χ3v) is 5.84. The number of carboxylic acids is 1. The molecule has 0 radical (unpaired) electrons. The monoisotopic (exact) mass is 440 g/mol. The average Bonchev–Trinajstić information content (AvgIpc) is 3.12. The summed E-state index contributed by atoms with van der Waals surface area (Å²) in [5.74, 6) is 0.103. The molecule has 0 fully saturated rings. The number of benzene rings is 3. The van der Waals surface area contributed by atoms with E-state index in [4.69, 9.17) is 30.9 Å². The molecule has 7 heteroatoms. The van der Waals surface area contributed by atoms with Crippen molar-refractivity contribution in [2.24, 2.45) is 0 Å². The zero-order chi connectivity index (χ0) is 21.5. The molecule has 0 bridgehead atoms. The predicted octanol–water partition coefficient (Wildman–Crippen LogP) is 5.61. The topological polar surface area (TPSA) is 65.0 Å². The van der Waals surface area contributed by atoms with Gasteiger partial charge in [0.05, 0.1) is 13.0 Å². The van der Waals surface area contributed by atoms with Crippen molar-refractivity contribution < 1.29 is 28.5 Å². The summed E-state index contributed by atoms with van der Waals surface area (Å²) in [6, 6.07) is 15.5. The van der Waals surface area contributed by atoms with E-state index >= 15 is 0 Å². The standard InChI is InChI=1S/C24H18ClFO5/c25-19-4-2-1-3-17(19)13-5-14(7-16(26)6-13)23-12-30-21-9-18-15(8-24(27)28)11-29-20(18)10-22(21)31-23/h1-7,9-10,15,23H,8,11-12H2,(H,27,28)/t15-,23?/m1/s1. The number of fused-ring (bicyclic) bond motifs is 2. The van der Waals surface area contributed by atoms with E-state index in [1.165, 1.54) is 12.1 Å². The van der Waals surface area contributed by atoms with Gasteiger partial charge >= 0.3 is 5.97 Å². The van der Waals surface area contributed by atoms with Gasteiger partial charge in [0, 0.05) is 28.1 Å². The summed E-state index contributed by atoms with van der Waals surface area (Å²) in [5, 5.41) is 9.63. The molecule has 0 saturated heterocycles. The number of hydrogen-bond donors (Lipinski definition) is 1. The van der Waals surface area contributed by atoms with E-state index in [0.29, 0.717) is 40.0 Å². The molecule has 2 aliphatic heterocycles. The predicted molar refractivity (Wildman–Crippen MR) is 113 cm³/mol. The van der Waals surface area contributed by atoms with Crippen LogP contribution in [-0.2, 0) is 4.79 Å². The number of hydrogen-bond acceptors (Lipinski definition) is 4. The molecule has 0 aliphatic carbocycles. The van der Waals surface area contributed by atoms with E-state index in [9.17, 15) is 9.18 Å². The van der Waals surface area contributed by atoms with Crippen molar-refractivity contribution in [3.8, 4) is 28.4 Å². The molecule has 3 aromatic rings. The lowest BCUT2D eigenvalue weighted by Gasteiger charge is -2.28.